The van der Waals surface area contributed by atoms with Crippen LogP contribution in [0.5, 0.6) is 0 Å². The average Bonchev–Trinajstić information content (AvgIpc) is 2.72. The van der Waals surface area contributed by atoms with E-state index in [2.05, 4.69) is 0 Å². The summed E-state index contributed by atoms with van der Waals surface area (Å²) in [4.78, 5) is 36.0. The van der Waals surface area contributed by atoms with E-state index in [1.165, 1.54) is 18.2 Å². The molecule has 2 atom stereocenters. The third kappa shape index (κ3) is 1.80. The molecular formula is C14H12N2O4. The Morgan fingerprint density at radius 3 is 2.25 bits per heavy atom. The maximum atomic E-state index is 12.3. The molecule has 1 saturated heterocycles. The van der Waals surface area contributed by atoms with Crippen LogP contribution in [-0.2, 0) is 9.59 Å². The first kappa shape index (κ1) is 12.5. The molecule has 1 aliphatic heterocycles. The lowest BCUT2D eigenvalue weighted by Crippen LogP contribution is -2.30. The molecule has 1 aliphatic carbocycles. The van der Waals surface area contributed by atoms with Gasteiger partial charge in [0, 0.05) is 12.1 Å². The first-order valence-electron chi connectivity index (χ1n) is 6.37. The number of nitro benzene ring substituents is 1. The van der Waals surface area contributed by atoms with E-state index in [4.69, 9.17) is 0 Å². The lowest BCUT2D eigenvalue weighted by molar-refractivity contribution is -0.384. The largest absolute Gasteiger partial charge is 0.274 e. The fraction of sp³-hybridized carbons (Fsp3) is 0.286. The molecule has 1 heterocycles. The van der Waals surface area contributed by atoms with E-state index in [0.29, 0.717) is 12.8 Å². The molecule has 0 spiro atoms. The number of imide groups is 1. The molecule has 0 bridgehead atoms. The molecule has 3 rings (SSSR count). The highest BCUT2D eigenvalue weighted by Gasteiger charge is 2.47. The normalized spacial score (nSPS) is 24.9. The first-order chi connectivity index (χ1) is 9.59. The van der Waals surface area contributed by atoms with Crippen LogP contribution in [0.2, 0.25) is 0 Å². The van der Waals surface area contributed by atoms with Gasteiger partial charge in [0.15, 0.2) is 0 Å². The van der Waals surface area contributed by atoms with Gasteiger partial charge in [-0.1, -0.05) is 18.2 Å². The van der Waals surface area contributed by atoms with Crippen molar-refractivity contribution in [3.8, 4) is 0 Å². The van der Waals surface area contributed by atoms with Crippen LogP contribution in [0, 0.1) is 22.0 Å². The highest BCUT2D eigenvalue weighted by molar-refractivity contribution is 6.22. The summed E-state index contributed by atoms with van der Waals surface area (Å²) in [5.41, 5.74) is 0.152. The third-order valence-corrected chi connectivity index (χ3v) is 3.81. The second kappa shape index (κ2) is 4.56. The molecule has 6 heteroatoms. The molecule has 1 fully saturated rings. The van der Waals surface area contributed by atoms with Gasteiger partial charge in [-0.3, -0.25) is 19.7 Å². The Balaban J connectivity index is 1.98. The van der Waals surface area contributed by atoms with Crippen LogP contribution >= 0.6 is 0 Å². The maximum Gasteiger partial charge on any atom is 0.271 e. The molecule has 20 heavy (non-hydrogen) atoms. The van der Waals surface area contributed by atoms with Crippen molar-refractivity contribution < 1.29 is 14.5 Å². The molecule has 2 aliphatic rings. The van der Waals surface area contributed by atoms with Gasteiger partial charge in [0.2, 0.25) is 11.8 Å². The number of nitro groups is 1. The van der Waals surface area contributed by atoms with E-state index in [1.54, 1.807) is 6.07 Å². The topological polar surface area (TPSA) is 80.5 Å². The SMILES string of the molecule is O=C1C2CC=CCC2C(=O)N1c1cccc([N+](=O)[O-])c1. The molecule has 2 amide bonds. The fourth-order valence-electron chi connectivity index (χ4n) is 2.80. The van der Waals surface area contributed by atoms with Crippen molar-refractivity contribution in [1.82, 2.24) is 0 Å². The quantitative estimate of drug-likeness (QED) is 0.357. The zero-order valence-electron chi connectivity index (χ0n) is 10.6. The minimum Gasteiger partial charge on any atom is -0.274 e. The highest BCUT2D eigenvalue weighted by atomic mass is 16.6. The molecule has 102 valence electrons. The standard InChI is InChI=1S/C14H12N2O4/c17-13-11-6-1-2-7-12(11)14(18)15(13)9-4-3-5-10(8-9)16(19)20/h1-5,8,11-12H,6-7H2. The molecule has 0 aromatic heterocycles. The average molecular weight is 272 g/mol. The number of amides is 2. The number of non-ortho nitro benzene ring substituents is 1. The number of nitrogens with zero attached hydrogens (tertiary/aromatic N) is 2. The number of carbonyl (C=O) groups excluding carboxylic acids is 2. The first-order valence-corrected chi connectivity index (χ1v) is 6.37. The van der Waals surface area contributed by atoms with Crippen LogP contribution in [0.25, 0.3) is 0 Å². The summed E-state index contributed by atoms with van der Waals surface area (Å²) in [7, 11) is 0. The van der Waals surface area contributed by atoms with Crippen LogP contribution in [0.4, 0.5) is 11.4 Å². The van der Waals surface area contributed by atoms with Gasteiger partial charge < -0.3 is 0 Å². The minimum absolute atomic E-state index is 0.129. The van der Waals surface area contributed by atoms with Gasteiger partial charge in [0.1, 0.15) is 0 Å². The van der Waals surface area contributed by atoms with E-state index in [0.717, 1.165) is 4.90 Å². The molecular weight excluding hydrogens is 260 g/mol. The van der Waals surface area contributed by atoms with Crippen molar-refractivity contribution in [2.75, 3.05) is 4.90 Å². The van der Waals surface area contributed by atoms with Gasteiger partial charge in [-0.2, -0.15) is 0 Å². The second-order valence-electron chi connectivity index (χ2n) is 4.94. The lowest BCUT2D eigenvalue weighted by Gasteiger charge is -2.14. The predicted octanol–water partition coefficient (Wildman–Crippen LogP) is 2.05. The van der Waals surface area contributed by atoms with Crippen molar-refractivity contribution in [2.24, 2.45) is 11.8 Å². The number of carbonyl (C=O) groups is 2. The van der Waals surface area contributed by atoms with E-state index in [1.807, 2.05) is 12.2 Å². The summed E-state index contributed by atoms with van der Waals surface area (Å²) in [6, 6.07) is 5.63. The van der Waals surface area contributed by atoms with Gasteiger partial charge >= 0.3 is 0 Å². The van der Waals surface area contributed by atoms with Gasteiger partial charge in [-0.15, -0.1) is 0 Å². The van der Waals surface area contributed by atoms with Gasteiger partial charge in [-0.25, -0.2) is 4.90 Å². The zero-order chi connectivity index (χ0) is 14.3. The molecule has 6 nitrogen and oxygen atoms in total. The summed E-state index contributed by atoms with van der Waals surface area (Å²) in [5.74, 6) is -1.17. The molecule has 1 aromatic carbocycles. The van der Waals surface area contributed by atoms with Crippen molar-refractivity contribution in [1.29, 1.82) is 0 Å². The number of fused-ring (bicyclic) bond motifs is 1. The number of allylic oxidation sites excluding steroid dienone is 2. The number of anilines is 1. The molecule has 0 radical (unpaired) electrons. The summed E-state index contributed by atoms with van der Waals surface area (Å²) in [6.45, 7) is 0. The van der Waals surface area contributed by atoms with Gasteiger partial charge in [0.05, 0.1) is 22.4 Å². The Hall–Kier alpha value is -2.50. The fourth-order valence-corrected chi connectivity index (χ4v) is 2.80. The third-order valence-electron chi connectivity index (χ3n) is 3.81. The highest BCUT2D eigenvalue weighted by Crippen LogP contribution is 2.38. The Morgan fingerprint density at radius 1 is 1.10 bits per heavy atom. The molecule has 2 unspecified atom stereocenters. The van der Waals surface area contributed by atoms with Crippen molar-refractivity contribution in [3.05, 3.63) is 46.5 Å². The van der Waals surface area contributed by atoms with Crippen LogP contribution in [-0.4, -0.2) is 16.7 Å². The number of rotatable bonds is 2. The zero-order valence-corrected chi connectivity index (χ0v) is 10.6. The van der Waals surface area contributed by atoms with E-state index >= 15 is 0 Å². The Bertz CT molecular complexity index is 612. The minimum atomic E-state index is -0.539. The Labute approximate surface area is 114 Å². The monoisotopic (exact) mass is 272 g/mol. The van der Waals surface area contributed by atoms with Crippen LogP contribution in [0.1, 0.15) is 12.8 Å². The van der Waals surface area contributed by atoms with Crippen LogP contribution in [0.15, 0.2) is 36.4 Å². The summed E-state index contributed by atoms with van der Waals surface area (Å²) in [6.07, 6.45) is 4.92. The van der Waals surface area contributed by atoms with Crippen LogP contribution in [0.3, 0.4) is 0 Å². The summed E-state index contributed by atoms with van der Waals surface area (Å²) < 4.78 is 0. The van der Waals surface area contributed by atoms with E-state index in [-0.39, 0.29) is 35.0 Å². The van der Waals surface area contributed by atoms with Gasteiger partial charge in [-0.05, 0) is 18.9 Å². The number of benzene rings is 1. The van der Waals surface area contributed by atoms with Crippen molar-refractivity contribution in [3.63, 3.8) is 0 Å². The molecule has 0 saturated carbocycles. The Kier molecular flexibility index (Phi) is 2.85. The smallest absolute Gasteiger partial charge is 0.271 e. The molecule has 1 aromatic rings. The number of hydrogen-bond acceptors (Lipinski definition) is 4. The number of hydrogen-bond donors (Lipinski definition) is 0. The van der Waals surface area contributed by atoms with Crippen LogP contribution < -0.4 is 4.90 Å². The maximum absolute atomic E-state index is 12.3. The summed E-state index contributed by atoms with van der Waals surface area (Å²) in [5, 5.41) is 10.8. The van der Waals surface area contributed by atoms with Gasteiger partial charge in [0.25, 0.3) is 5.69 Å². The predicted molar refractivity (Wildman–Crippen MR) is 70.9 cm³/mol. The van der Waals surface area contributed by atoms with E-state index < -0.39 is 4.92 Å². The van der Waals surface area contributed by atoms with Crippen molar-refractivity contribution in [2.45, 2.75) is 12.8 Å². The van der Waals surface area contributed by atoms with Crippen molar-refractivity contribution >= 4 is 23.2 Å². The second-order valence-corrected chi connectivity index (χ2v) is 4.94. The Morgan fingerprint density at radius 2 is 1.70 bits per heavy atom. The summed E-state index contributed by atoms with van der Waals surface area (Å²) >= 11 is 0. The van der Waals surface area contributed by atoms with E-state index in [9.17, 15) is 19.7 Å². The molecule has 0 N–H and O–H groups in total. The lowest BCUT2D eigenvalue weighted by atomic mass is 9.85.